The quantitative estimate of drug-likeness (QED) is 0.0637. The molecule has 14 bridgehead atoms. The lowest BCUT2D eigenvalue weighted by Gasteiger charge is -2.50. The summed E-state index contributed by atoms with van der Waals surface area (Å²) in [5.74, 6) is -1.42. The summed E-state index contributed by atoms with van der Waals surface area (Å²) in [4.78, 5) is 12.1. The van der Waals surface area contributed by atoms with Gasteiger partial charge in [0, 0.05) is 37.7 Å². The second kappa shape index (κ2) is 32.5. The Kier molecular flexibility index (Phi) is 26.5. The Balaban J connectivity index is 1.03. The van der Waals surface area contributed by atoms with Crippen LogP contribution in [-0.2, 0) is 71.1 Å². The molecule has 37 heteroatoms. The molecule has 0 aromatic heterocycles. The van der Waals surface area contributed by atoms with Gasteiger partial charge >= 0.3 is 0 Å². The second-order valence-electron chi connectivity index (χ2n) is 23.1. The number of carbonyl (C=O) groups is 1. The maximum absolute atomic E-state index is 12.1. The first-order valence-electron chi connectivity index (χ1n) is 29.4. The van der Waals surface area contributed by atoms with Crippen LogP contribution in [0.5, 0.6) is 0 Å². The molecule has 89 heavy (non-hydrogen) atoms. The average Bonchev–Trinajstić information content (AvgIpc) is 1.07. The van der Waals surface area contributed by atoms with Crippen molar-refractivity contribution in [1.29, 1.82) is 0 Å². The van der Waals surface area contributed by atoms with E-state index in [0.717, 1.165) is 0 Å². The highest BCUT2D eigenvalue weighted by Gasteiger charge is 2.59. The van der Waals surface area contributed by atoms with Crippen LogP contribution in [0.25, 0.3) is 0 Å². The highest BCUT2D eigenvalue weighted by Crippen LogP contribution is 2.39. The van der Waals surface area contributed by atoms with Crippen molar-refractivity contribution in [3.05, 3.63) is 12.2 Å². The summed E-state index contributed by atoms with van der Waals surface area (Å²) in [5.41, 5.74) is 0.236. The number of carbonyl (C=O) groups excluding carboxylic acids is 1. The van der Waals surface area contributed by atoms with Crippen molar-refractivity contribution < 1.29 is 173 Å². The Bertz CT molecular complexity index is 2180. The van der Waals surface area contributed by atoms with E-state index in [2.05, 4.69) is 17.2 Å². The van der Waals surface area contributed by atoms with E-state index in [0.29, 0.717) is 0 Å². The summed E-state index contributed by atoms with van der Waals surface area (Å²) in [7, 11) is 0. The summed E-state index contributed by atoms with van der Waals surface area (Å²) in [6, 6.07) is 0. The topological polar surface area (TPSA) is 575 Å². The molecule has 0 aromatic carbocycles. The van der Waals surface area contributed by atoms with E-state index in [9.17, 15) is 107 Å². The highest BCUT2D eigenvalue weighted by molar-refractivity contribution is 5.92. The first-order valence-corrected chi connectivity index (χ1v) is 29.4. The van der Waals surface area contributed by atoms with Gasteiger partial charge in [-0.3, -0.25) is 4.79 Å². The van der Waals surface area contributed by atoms with Gasteiger partial charge in [0.15, 0.2) is 44.0 Å². The zero-order chi connectivity index (χ0) is 64.9. The van der Waals surface area contributed by atoms with Crippen molar-refractivity contribution in [2.75, 3.05) is 65.9 Å². The molecule has 0 spiro atoms. The first kappa shape index (κ1) is 72.6. The standard InChI is InChI=1S/C52H88N2O35/c1-16(2)45(75)54-7-6-53-9-18-39-26(62)33(69)46(77-18)76-8-4-3-5-17-19(10-55)78-47(32(68)25(17)61)85-40-20(11-56)80-49(35(71)28(40)64)87-42-22(13-58)82-51(37(73)30(42)66)89-44-24(15-60)83-52(38(74)31(44)67)88-43-23(14-59)81-50(36(72)29(43)65)86-41-21(12-57)79-48(84-39)34(70)27(41)63/h17-44,46-53,55-74H,1,3-15H2,2H3,(H,54,75)/t17?,18-,19-,20-,21-,22-,23-,24-,25+,26-,27-,28-,29-,30-,31-,32-,33-,34-,35-,36-,37-,38-,39?,40?,41?,42?,43?,44?,46+,47-,48-,49-,50-,51-,52-/m1/s1. The second-order valence-corrected chi connectivity index (χ2v) is 23.1. The minimum atomic E-state index is -2.22. The van der Waals surface area contributed by atoms with E-state index in [1.165, 1.54) is 6.92 Å². The minimum Gasteiger partial charge on any atom is -0.394 e. The van der Waals surface area contributed by atoms with E-state index >= 15 is 0 Å². The van der Waals surface area contributed by atoms with E-state index < -0.39 is 260 Å². The van der Waals surface area contributed by atoms with E-state index in [-0.39, 0.29) is 51.1 Å². The number of rotatable bonds is 12. The number of fused-ring (bicyclic) bond motifs is 1. The van der Waals surface area contributed by atoms with Gasteiger partial charge in [0.05, 0.1) is 51.8 Å². The predicted octanol–water partition coefficient (Wildman–Crippen LogP) is -13.5. The van der Waals surface area contributed by atoms with Crippen LogP contribution < -0.4 is 10.6 Å². The minimum absolute atomic E-state index is 0.0503. The van der Waals surface area contributed by atoms with Gasteiger partial charge in [-0.2, -0.15) is 0 Å². The molecule has 0 saturated carbocycles. The van der Waals surface area contributed by atoms with Crippen LogP contribution in [-0.4, -0.2) is 383 Å². The number of aliphatic hydroxyl groups excluding tert-OH is 20. The van der Waals surface area contributed by atoms with Gasteiger partial charge < -0.3 is 179 Å². The van der Waals surface area contributed by atoms with Gasteiger partial charge in [-0.05, 0) is 19.8 Å². The number of amides is 1. The van der Waals surface area contributed by atoms with E-state index in [1.54, 1.807) is 0 Å². The summed E-state index contributed by atoms with van der Waals surface area (Å²) < 4.78 is 81.4. The molecule has 1 amide bonds. The zero-order valence-electron chi connectivity index (χ0n) is 48.2. The molecular formula is C52H88N2O35. The van der Waals surface area contributed by atoms with Gasteiger partial charge in [-0.15, -0.1) is 0 Å². The van der Waals surface area contributed by atoms with Crippen molar-refractivity contribution in [3.63, 3.8) is 0 Å². The van der Waals surface area contributed by atoms with Crippen molar-refractivity contribution in [2.45, 2.75) is 235 Å². The monoisotopic (exact) mass is 1300 g/mol. The van der Waals surface area contributed by atoms with Gasteiger partial charge in [0.1, 0.15) is 153 Å². The Morgan fingerprint density at radius 3 is 0.955 bits per heavy atom. The molecule has 24 fully saturated rings. The molecule has 0 aromatic rings. The Labute approximate surface area is 507 Å². The number of ether oxygens (including phenoxy) is 14. The van der Waals surface area contributed by atoms with Crippen LogP contribution in [0.2, 0.25) is 0 Å². The molecule has 22 N–H and O–H groups in total. The largest absolute Gasteiger partial charge is 0.394 e. The third-order valence-electron chi connectivity index (χ3n) is 17.1. The molecular weight excluding hydrogens is 1210 g/mol. The third-order valence-corrected chi connectivity index (χ3v) is 17.1. The van der Waals surface area contributed by atoms with Gasteiger partial charge in [-0.1, -0.05) is 13.0 Å². The molecule has 0 radical (unpaired) electrons. The fourth-order valence-corrected chi connectivity index (χ4v) is 11.9. The van der Waals surface area contributed by atoms with Gasteiger partial charge in [-0.25, -0.2) is 0 Å². The van der Waals surface area contributed by atoms with E-state index in [1.807, 2.05) is 0 Å². The van der Waals surface area contributed by atoms with E-state index in [4.69, 9.17) is 66.3 Å². The molecule has 516 valence electrons. The van der Waals surface area contributed by atoms with Crippen LogP contribution in [0.15, 0.2) is 12.2 Å². The molecule has 24 rings (SSSR count). The van der Waals surface area contributed by atoms with Crippen molar-refractivity contribution in [2.24, 2.45) is 5.92 Å². The zero-order valence-corrected chi connectivity index (χ0v) is 48.2. The maximum Gasteiger partial charge on any atom is 0.246 e. The molecule has 0 aliphatic carbocycles. The van der Waals surface area contributed by atoms with Crippen molar-refractivity contribution >= 4 is 5.91 Å². The van der Waals surface area contributed by atoms with Gasteiger partial charge in [0.2, 0.25) is 5.91 Å². The van der Waals surface area contributed by atoms with Crippen molar-refractivity contribution in [3.8, 4) is 0 Å². The predicted molar refractivity (Wildman–Crippen MR) is 280 cm³/mol. The SMILES string of the molecule is C=C(C)C(=O)NCCNC[C@H]1O[C@@H]2OCCCCC3[C@@H](CO)O[C@H](OC4[C@@H](CO)O[C@H](OC5[C@@H](CO)O[C@H](OC6[C@@H](CO)O[C@H](OC7[C@@H](CO)O[C@H](OC8[C@@H](CO)O[C@H](OC1[C@H](O)[C@H]2O)[C@H](O)[C@H]8O)[C@H](O)[C@H]7O)[C@H](O)[C@H]6O)[C@H](O)[C@H]5O)[C@H](O)[C@H]4O)[C@H](O)[C@H]3O. The fourth-order valence-electron chi connectivity index (χ4n) is 11.9. The number of aliphatic hydroxyl groups is 20. The van der Waals surface area contributed by atoms with Crippen LogP contribution in [0.1, 0.15) is 26.2 Å². The lowest BCUT2D eigenvalue weighted by molar-refractivity contribution is -0.397. The highest BCUT2D eigenvalue weighted by atomic mass is 16.8. The lowest BCUT2D eigenvalue weighted by atomic mass is 9.85. The van der Waals surface area contributed by atoms with Gasteiger partial charge in [0.25, 0.3) is 0 Å². The molecule has 24 aliphatic rings. The van der Waals surface area contributed by atoms with Crippen LogP contribution in [0, 0.1) is 5.92 Å². The molecule has 35 atom stereocenters. The van der Waals surface area contributed by atoms with Crippen LogP contribution >= 0.6 is 0 Å². The number of nitrogens with one attached hydrogen (secondary N) is 2. The third kappa shape index (κ3) is 16.0. The normalized spacial score (nSPS) is 49.9. The summed E-state index contributed by atoms with van der Waals surface area (Å²) in [6.07, 6.45) is -64.0. The summed E-state index contributed by atoms with van der Waals surface area (Å²) in [6.45, 7) is -0.971. The molecule has 24 aliphatic heterocycles. The Morgan fingerprint density at radius 1 is 0.360 bits per heavy atom. The number of hydrogen-bond acceptors (Lipinski definition) is 36. The first-order chi connectivity index (χ1) is 42.4. The summed E-state index contributed by atoms with van der Waals surface area (Å²) in [5, 5.41) is 228. The molecule has 37 nitrogen and oxygen atoms in total. The van der Waals surface area contributed by atoms with Crippen molar-refractivity contribution in [1.82, 2.24) is 10.6 Å². The molecule has 24 heterocycles. The smallest absolute Gasteiger partial charge is 0.246 e. The Hall–Kier alpha value is -2.19. The molecule has 24 saturated heterocycles. The summed E-state index contributed by atoms with van der Waals surface area (Å²) >= 11 is 0. The number of hydrogen-bond donors (Lipinski definition) is 22. The maximum atomic E-state index is 12.1. The fraction of sp³-hybridized carbons (Fsp3) is 0.942. The lowest BCUT2D eigenvalue weighted by Crippen LogP contribution is -2.68. The average molecular weight is 1300 g/mol. The van der Waals surface area contributed by atoms with Crippen LogP contribution in [0.4, 0.5) is 0 Å². The van der Waals surface area contributed by atoms with Crippen LogP contribution in [0.3, 0.4) is 0 Å². The Morgan fingerprint density at radius 2 is 0.640 bits per heavy atom. The molecule has 7 unspecified atom stereocenters.